The summed E-state index contributed by atoms with van der Waals surface area (Å²) in [6.07, 6.45) is 11.3. The highest BCUT2D eigenvalue weighted by atomic mass is 35.5. The van der Waals surface area contributed by atoms with Gasteiger partial charge in [0.25, 0.3) is 0 Å². The van der Waals surface area contributed by atoms with Gasteiger partial charge in [-0.25, -0.2) is 0 Å². The van der Waals surface area contributed by atoms with Gasteiger partial charge >= 0.3 is 0 Å². The molecule has 0 N–H and O–H groups in total. The second-order valence-electron chi connectivity index (χ2n) is 11.6. The Kier molecular flexibility index (Phi) is 13.0. The maximum absolute atomic E-state index is 7.05. The first kappa shape index (κ1) is 32.6. The molecule has 0 spiro atoms. The lowest BCUT2D eigenvalue weighted by atomic mass is 9.88. The molecular formula is C41H44ClPS. The molecule has 0 aliphatic heterocycles. The smallest absolute Gasteiger partial charge is 0.0577 e. The lowest BCUT2D eigenvalue weighted by molar-refractivity contribution is 0.412. The molecule has 5 rings (SSSR count). The summed E-state index contributed by atoms with van der Waals surface area (Å²) < 4.78 is 0. The highest BCUT2D eigenvalue weighted by Gasteiger charge is 2.17. The van der Waals surface area contributed by atoms with Crippen LogP contribution >= 0.6 is 31.3 Å². The predicted molar refractivity (Wildman–Crippen MR) is 196 cm³/mol. The highest BCUT2D eigenvalue weighted by molar-refractivity contribution is 7.99. The summed E-state index contributed by atoms with van der Waals surface area (Å²) >= 11 is 8.82. The maximum Gasteiger partial charge on any atom is 0.0577 e. The SMILES string of the molecule is CCCCCCC(CCCc1cccc(Sc2ccc(P(c3ccccc3)c3ccccc3)cc2)c1Cl)Cc1ccccc1. The number of unbranched alkanes of at least 4 members (excludes halogenated alkanes) is 3. The zero-order valence-electron chi connectivity index (χ0n) is 25.9. The summed E-state index contributed by atoms with van der Waals surface area (Å²) in [7, 11) is -0.600. The van der Waals surface area contributed by atoms with Gasteiger partial charge in [-0.15, -0.1) is 0 Å². The van der Waals surface area contributed by atoms with Gasteiger partial charge in [-0.2, -0.15) is 0 Å². The van der Waals surface area contributed by atoms with Crippen molar-refractivity contribution in [3.63, 3.8) is 0 Å². The third-order valence-electron chi connectivity index (χ3n) is 8.29. The van der Waals surface area contributed by atoms with Crippen molar-refractivity contribution in [3.8, 4) is 0 Å². The van der Waals surface area contributed by atoms with Crippen LogP contribution in [0.4, 0.5) is 0 Å². The summed E-state index contributed by atoms with van der Waals surface area (Å²) in [5.41, 5.74) is 2.74. The molecule has 5 aromatic carbocycles. The Hall–Kier alpha value is -2.83. The van der Waals surface area contributed by atoms with E-state index >= 15 is 0 Å². The van der Waals surface area contributed by atoms with E-state index in [-0.39, 0.29) is 0 Å². The van der Waals surface area contributed by atoms with E-state index in [1.54, 1.807) is 11.8 Å². The number of hydrogen-bond acceptors (Lipinski definition) is 1. The summed E-state index contributed by atoms with van der Waals surface area (Å²) in [6.45, 7) is 2.29. The molecule has 0 aromatic heterocycles. The molecule has 0 saturated heterocycles. The van der Waals surface area contributed by atoms with Gasteiger partial charge in [0.15, 0.2) is 0 Å². The van der Waals surface area contributed by atoms with Crippen LogP contribution < -0.4 is 15.9 Å². The first-order chi connectivity index (χ1) is 21.7. The first-order valence-corrected chi connectivity index (χ1v) is 18.7. The van der Waals surface area contributed by atoms with E-state index in [0.29, 0.717) is 0 Å². The third-order valence-corrected chi connectivity index (χ3v) is 12.4. The average molecular weight is 635 g/mol. The molecular weight excluding hydrogens is 591 g/mol. The number of benzene rings is 5. The Morgan fingerprint density at radius 2 is 1.18 bits per heavy atom. The average Bonchev–Trinajstić information content (AvgIpc) is 3.07. The van der Waals surface area contributed by atoms with Gasteiger partial charge < -0.3 is 0 Å². The molecule has 226 valence electrons. The second kappa shape index (κ2) is 17.6. The van der Waals surface area contributed by atoms with Gasteiger partial charge in [-0.3, -0.25) is 0 Å². The molecule has 0 nitrogen and oxygen atoms in total. The molecule has 0 aliphatic rings. The minimum absolute atomic E-state index is 0.600. The van der Waals surface area contributed by atoms with Gasteiger partial charge in [-0.1, -0.05) is 178 Å². The molecule has 0 heterocycles. The van der Waals surface area contributed by atoms with Crippen molar-refractivity contribution in [2.75, 3.05) is 0 Å². The molecule has 5 aromatic rings. The monoisotopic (exact) mass is 634 g/mol. The molecule has 0 saturated carbocycles. The maximum atomic E-state index is 7.05. The van der Waals surface area contributed by atoms with E-state index in [9.17, 15) is 0 Å². The van der Waals surface area contributed by atoms with E-state index in [4.69, 9.17) is 11.6 Å². The van der Waals surface area contributed by atoms with Crippen molar-refractivity contribution < 1.29 is 0 Å². The normalized spacial score (nSPS) is 12.0. The number of rotatable bonds is 16. The fourth-order valence-electron chi connectivity index (χ4n) is 5.96. The van der Waals surface area contributed by atoms with Crippen LogP contribution in [-0.2, 0) is 12.8 Å². The molecule has 0 bridgehead atoms. The molecule has 1 unspecified atom stereocenters. The minimum Gasteiger partial charge on any atom is -0.0885 e. The standard InChI is InChI=1S/C41H44ClPS/c1-2-3-4-8-17-34(32-33-18-9-5-10-19-33)20-15-21-35-22-16-27-40(41(35)42)44-39-30-28-38(29-31-39)43(36-23-11-6-12-24-36)37-25-13-7-14-26-37/h5-7,9-14,16,18-19,22-31,34H,2-4,8,15,17,20-21,32H2,1H3. The van der Waals surface area contributed by atoms with Crippen molar-refractivity contribution in [2.45, 2.75) is 74.5 Å². The van der Waals surface area contributed by atoms with Gasteiger partial charge in [0.1, 0.15) is 0 Å². The Balaban J connectivity index is 1.23. The molecule has 0 radical (unpaired) electrons. The second-order valence-corrected chi connectivity index (χ2v) is 15.3. The van der Waals surface area contributed by atoms with Crippen LogP contribution in [0.2, 0.25) is 5.02 Å². The van der Waals surface area contributed by atoms with Crippen LogP contribution in [0.15, 0.2) is 143 Å². The fourth-order valence-corrected chi connectivity index (χ4v) is 9.47. The van der Waals surface area contributed by atoms with Crippen LogP contribution in [0.5, 0.6) is 0 Å². The van der Waals surface area contributed by atoms with Crippen molar-refractivity contribution in [1.29, 1.82) is 0 Å². The molecule has 44 heavy (non-hydrogen) atoms. The number of aryl methyl sites for hydroxylation is 1. The molecule has 3 heteroatoms. The van der Waals surface area contributed by atoms with Crippen LogP contribution in [0.3, 0.4) is 0 Å². The van der Waals surface area contributed by atoms with Crippen molar-refractivity contribution in [1.82, 2.24) is 0 Å². The van der Waals surface area contributed by atoms with Crippen LogP contribution in [0.1, 0.15) is 63.0 Å². The van der Waals surface area contributed by atoms with Crippen molar-refractivity contribution >= 4 is 47.2 Å². The first-order valence-electron chi connectivity index (χ1n) is 16.2. The lowest BCUT2D eigenvalue weighted by Crippen LogP contribution is -2.20. The van der Waals surface area contributed by atoms with E-state index < -0.39 is 7.92 Å². The van der Waals surface area contributed by atoms with E-state index in [0.717, 1.165) is 22.3 Å². The Morgan fingerprint density at radius 1 is 0.591 bits per heavy atom. The third kappa shape index (κ3) is 9.58. The van der Waals surface area contributed by atoms with Gasteiger partial charge in [-0.05, 0) is 84.8 Å². The van der Waals surface area contributed by atoms with Gasteiger partial charge in [0.05, 0.1) is 5.02 Å². The fraction of sp³-hybridized carbons (Fsp3) is 0.268. The Bertz CT molecular complexity index is 1480. The van der Waals surface area contributed by atoms with Gasteiger partial charge in [0.2, 0.25) is 0 Å². The summed E-state index contributed by atoms with van der Waals surface area (Å²) in [5, 5.41) is 5.02. The van der Waals surface area contributed by atoms with Crippen molar-refractivity contribution in [2.24, 2.45) is 5.92 Å². The molecule has 0 fully saturated rings. The topological polar surface area (TPSA) is 0 Å². The molecule has 0 amide bonds. The van der Waals surface area contributed by atoms with E-state index in [1.165, 1.54) is 83.3 Å². The number of halogens is 1. The summed E-state index contributed by atoms with van der Waals surface area (Å²) in [4.78, 5) is 2.37. The van der Waals surface area contributed by atoms with Crippen LogP contribution in [0, 0.1) is 5.92 Å². The van der Waals surface area contributed by atoms with Crippen LogP contribution in [-0.4, -0.2) is 0 Å². The largest absolute Gasteiger partial charge is 0.0885 e. The quantitative estimate of drug-likeness (QED) is 0.0768. The van der Waals surface area contributed by atoms with Gasteiger partial charge in [0, 0.05) is 9.79 Å². The zero-order valence-corrected chi connectivity index (χ0v) is 28.3. The van der Waals surface area contributed by atoms with E-state index in [1.807, 2.05) is 0 Å². The zero-order chi connectivity index (χ0) is 30.4. The predicted octanol–water partition coefficient (Wildman–Crippen LogP) is 11.4. The Labute approximate surface area is 276 Å². The molecule has 1 atom stereocenters. The van der Waals surface area contributed by atoms with Crippen molar-refractivity contribution in [3.05, 3.63) is 150 Å². The molecule has 0 aliphatic carbocycles. The minimum atomic E-state index is -0.600. The highest BCUT2D eigenvalue weighted by Crippen LogP contribution is 2.38. The summed E-state index contributed by atoms with van der Waals surface area (Å²) in [5.74, 6) is 0.737. The van der Waals surface area contributed by atoms with Crippen LogP contribution in [0.25, 0.3) is 0 Å². The Morgan fingerprint density at radius 3 is 1.82 bits per heavy atom. The number of hydrogen-bond donors (Lipinski definition) is 0. The lowest BCUT2D eigenvalue weighted by Gasteiger charge is -2.19. The van der Waals surface area contributed by atoms with E-state index in [2.05, 4.69) is 140 Å². The summed E-state index contributed by atoms with van der Waals surface area (Å²) in [6, 6.07) is 48.5.